The first-order chi connectivity index (χ1) is 7.33. The van der Waals surface area contributed by atoms with E-state index in [2.05, 4.69) is 18.6 Å². The van der Waals surface area contributed by atoms with Crippen molar-refractivity contribution in [1.29, 1.82) is 0 Å². The summed E-state index contributed by atoms with van der Waals surface area (Å²) in [5.41, 5.74) is 5.82. The van der Waals surface area contributed by atoms with Crippen molar-refractivity contribution in [2.24, 2.45) is 11.7 Å². The largest absolute Gasteiger partial charge is 0.327 e. The van der Waals surface area contributed by atoms with E-state index in [1.54, 1.807) is 0 Å². The summed E-state index contributed by atoms with van der Waals surface area (Å²) >= 11 is 0. The highest BCUT2D eigenvalue weighted by atomic mass is 32.2. The Bertz CT molecular complexity index is 274. The van der Waals surface area contributed by atoms with Crippen molar-refractivity contribution < 1.29 is 8.42 Å². The molecule has 1 unspecified atom stereocenters. The molecule has 1 atom stereocenters. The minimum Gasteiger partial charge on any atom is -0.327 e. The van der Waals surface area contributed by atoms with Crippen LogP contribution < -0.4 is 10.5 Å². The molecule has 0 aliphatic carbocycles. The van der Waals surface area contributed by atoms with Crippen LogP contribution in [0.1, 0.15) is 34.1 Å². The second-order valence-corrected chi connectivity index (χ2v) is 6.08. The lowest BCUT2D eigenvalue weighted by atomic mass is 10.1. The molecule has 0 saturated heterocycles. The summed E-state index contributed by atoms with van der Waals surface area (Å²) in [6, 6.07) is -0.120. The molecular weight excluding hydrogens is 226 g/mol. The van der Waals surface area contributed by atoms with E-state index in [0.29, 0.717) is 25.6 Å². The summed E-state index contributed by atoms with van der Waals surface area (Å²) in [7, 11) is -3.35. The third-order valence-electron chi connectivity index (χ3n) is 2.35. The van der Waals surface area contributed by atoms with Crippen LogP contribution in [0.4, 0.5) is 0 Å². The van der Waals surface area contributed by atoms with Crippen LogP contribution in [0.5, 0.6) is 0 Å². The highest BCUT2D eigenvalue weighted by Gasteiger charge is 2.19. The maximum absolute atomic E-state index is 11.7. The van der Waals surface area contributed by atoms with Gasteiger partial charge >= 0.3 is 0 Å². The molecule has 6 heteroatoms. The second kappa shape index (κ2) is 7.21. The van der Waals surface area contributed by atoms with Gasteiger partial charge in [-0.3, -0.25) is 0 Å². The summed E-state index contributed by atoms with van der Waals surface area (Å²) in [5.74, 6) is 0.480. The van der Waals surface area contributed by atoms with Crippen molar-refractivity contribution in [2.45, 2.75) is 40.2 Å². The first-order valence-corrected chi connectivity index (χ1v) is 7.27. The van der Waals surface area contributed by atoms with Crippen LogP contribution >= 0.6 is 0 Å². The lowest BCUT2D eigenvalue weighted by molar-refractivity contribution is 0.425. The van der Waals surface area contributed by atoms with Gasteiger partial charge in [0.1, 0.15) is 0 Å². The quantitative estimate of drug-likeness (QED) is 0.661. The van der Waals surface area contributed by atoms with Crippen molar-refractivity contribution >= 4 is 10.2 Å². The van der Waals surface area contributed by atoms with Crippen LogP contribution in [0, 0.1) is 5.92 Å². The maximum atomic E-state index is 11.7. The van der Waals surface area contributed by atoms with Gasteiger partial charge in [-0.15, -0.1) is 0 Å². The Hall–Kier alpha value is -0.170. The normalized spacial score (nSPS) is 14.7. The fourth-order valence-corrected chi connectivity index (χ4v) is 2.84. The molecular formula is C10H25N3O2S. The molecule has 0 aliphatic rings. The van der Waals surface area contributed by atoms with Gasteiger partial charge in [-0.05, 0) is 12.3 Å². The van der Waals surface area contributed by atoms with E-state index in [1.807, 2.05) is 13.8 Å². The summed E-state index contributed by atoms with van der Waals surface area (Å²) in [4.78, 5) is 0. The van der Waals surface area contributed by atoms with Gasteiger partial charge in [0.25, 0.3) is 10.2 Å². The Kier molecular flexibility index (Phi) is 7.14. The topological polar surface area (TPSA) is 75.4 Å². The van der Waals surface area contributed by atoms with Crippen LogP contribution in [0.15, 0.2) is 0 Å². The number of hydrogen-bond acceptors (Lipinski definition) is 3. The molecule has 5 nitrogen and oxygen atoms in total. The van der Waals surface area contributed by atoms with Crippen LogP contribution in [-0.2, 0) is 10.2 Å². The Morgan fingerprint density at radius 3 is 2.12 bits per heavy atom. The minimum atomic E-state index is -3.35. The zero-order valence-corrected chi connectivity index (χ0v) is 11.5. The monoisotopic (exact) mass is 251 g/mol. The Morgan fingerprint density at radius 1 is 1.25 bits per heavy atom. The highest BCUT2D eigenvalue weighted by Crippen LogP contribution is 2.03. The molecule has 3 N–H and O–H groups in total. The number of nitrogens with zero attached hydrogens (tertiary/aromatic N) is 1. The summed E-state index contributed by atoms with van der Waals surface area (Å²) in [6.07, 6.45) is 0.820. The molecule has 0 saturated carbocycles. The number of hydrogen-bond donors (Lipinski definition) is 2. The van der Waals surface area contributed by atoms with Crippen LogP contribution in [0.3, 0.4) is 0 Å². The van der Waals surface area contributed by atoms with E-state index in [0.717, 1.165) is 6.42 Å². The van der Waals surface area contributed by atoms with Gasteiger partial charge in [0.15, 0.2) is 0 Å². The Morgan fingerprint density at radius 2 is 1.75 bits per heavy atom. The molecule has 0 aromatic rings. The lowest BCUT2D eigenvalue weighted by Gasteiger charge is -2.21. The van der Waals surface area contributed by atoms with E-state index in [9.17, 15) is 8.42 Å². The highest BCUT2D eigenvalue weighted by molar-refractivity contribution is 7.87. The van der Waals surface area contributed by atoms with Gasteiger partial charge in [0, 0.05) is 25.7 Å². The molecule has 0 spiro atoms. The molecule has 0 bridgehead atoms. The van der Waals surface area contributed by atoms with Gasteiger partial charge in [0.2, 0.25) is 0 Å². The van der Waals surface area contributed by atoms with Gasteiger partial charge in [0.05, 0.1) is 0 Å². The predicted molar refractivity (Wildman–Crippen MR) is 67.3 cm³/mol. The zero-order valence-electron chi connectivity index (χ0n) is 10.7. The number of nitrogens with one attached hydrogen (secondary N) is 1. The van der Waals surface area contributed by atoms with Crippen LogP contribution in [0.2, 0.25) is 0 Å². The summed E-state index contributed by atoms with van der Waals surface area (Å²) in [5, 5.41) is 0. The summed E-state index contributed by atoms with van der Waals surface area (Å²) in [6.45, 7) is 9.03. The molecule has 0 aromatic carbocycles. The second-order valence-electron chi connectivity index (χ2n) is 4.33. The molecule has 0 rings (SSSR count). The Balaban J connectivity index is 4.18. The van der Waals surface area contributed by atoms with Crippen LogP contribution in [-0.4, -0.2) is 38.4 Å². The van der Waals surface area contributed by atoms with Gasteiger partial charge in [-0.2, -0.15) is 12.7 Å². The van der Waals surface area contributed by atoms with Crippen molar-refractivity contribution in [2.75, 3.05) is 19.6 Å². The van der Waals surface area contributed by atoms with Crippen molar-refractivity contribution in [1.82, 2.24) is 9.03 Å². The maximum Gasteiger partial charge on any atom is 0.279 e. The molecule has 0 aliphatic heterocycles. The third-order valence-corrected chi connectivity index (χ3v) is 4.08. The van der Waals surface area contributed by atoms with E-state index < -0.39 is 10.2 Å². The average Bonchev–Trinajstić information content (AvgIpc) is 2.15. The van der Waals surface area contributed by atoms with Gasteiger partial charge < -0.3 is 5.73 Å². The standard InChI is InChI=1S/C10H25N3O2S/c1-5-13(6-2)16(14,15)12-8-10(11)7-9(3)4/h9-10,12H,5-8,11H2,1-4H3. The van der Waals surface area contributed by atoms with E-state index >= 15 is 0 Å². The van der Waals surface area contributed by atoms with E-state index in [-0.39, 0.29) is 6.04 Å². The first-order valence-electron chi connectivity index (χ1n) is 5.83. The fraction of sp³-hybridized carbons (Fsp3) is 1.00. The van der Waals surface area contributed by atoms with Gasteiger partial charge in [-0.25, -0.2) is 4.72 Å². The van der Waals surface area contributed by atoms with Crippen molar-refractivity contribution in [3.63, 3.8) is 0 Å². The van der Waals surface area contributed by atoms with Gasteiger partial charge in [-0.1, -0.05) is 27.7 Å². The number of nitrogens with two attached hydrogens (primary N) is 1. The number of rotatable bonds is 8. The molecule has 0 radical (unpaired) electrons. The fourth-order valence-electron chi connectivity index (χ4n) is 1.56. The first kappa shape index (κ1) is 15.8. The molecule has 0 fully saturated rings. The van der Waals surface area contributed by atoms with Crippen molar-refractivity contribution in [3.8, 4) is 0 Å². The molecule has 0 aromatic heterocycles. The smallest absolute Gasteiger partial charge is 0.279 e. The molecule has 98 valence electrons. The minimum absolute atomic E-state index is 0.120. The zero-order chi connectivity index (χ0) is 12.8. The summed E-state index contributed by atoms with van der Waals surface area (Å²) < 4.78 is 27.4. The Labute approximate surface area is 99.6 Å². The SMILES string of the molecule is CCN(CC)S(=O)(=O)NCC(N)CC(C)C. The molecule has 0 amide bonds. The third kappa shape index (κ3) is 5.79. The van der Waals surface area contributed by atoms with Crippen LogP contribution in [0.25, 0.3) is 0 Å². The van der Waals surface area contributed by atoms with E-state index in [1.165, 1.54) is 4.31 Å². The predicted octanol–water partition coefficient (Wildman–Crippen LogP) is 0.536. The molecule has 16 heavy (non-hydrogen) atoms. The van der Waals surface area contributed by atoms with Crippen molar-refractivity contribution in [3.05, 3.63) is 0 Å². The lowest BCUT2D eigenvalue weighted by Crippen LogP contribution is -2.45. The molecule has 0 heterocycles. The van der Waals surface area contributed by atoms with E-state index in [4.69, 9.17) is 5.73 Å². The average molecular weight is 251 g/mol.